The third kappa shape index (κ3) is 4.31. The maximum absolute atomic E-state index is 12.3. The molecule has 1 aromatic carbocycles. The quantitative estimate of drug-likeness (QED) is 0.782. The zero-order valence-electron chi connectivity index (χ0n) is 10.8. The van der Waals surface area contributed by atoms with Gasteiger partial charge in [-0.3, -0.25) is 4.79 Å². The summed E-state index contributed by atoms with van der Waals surface area (Å²) >= 11 is 0. The van der Waals surface area contributed by atoms with Gasteiger partial charge in [-0.05, 0) is 26.0 Å². The van der Waals surface area contributed by atoms with Gasteiger partial charge in [0.05, 0.1) is 5.69 Å². The summed E-state index contributed by atoms with van der Waals surface area (Å²) < 4.78 is 41.0. The van der Waals surface area contributed by atoms with E-state index in [1.807, 2.05) is 0 Å². The van der Waals surface area contributed by atoms with E-state index in [0.29, 0.717) is 6.29 Å². The van der Waals surface area contributed by atoms with E-state index in [2.05, 4.69) is 4.74 Å². The summed E-state index contributed by atoms with van der Waals surface area (Å²) in [5.74, 6) is -0.405. The second kappa shape index (κ2) is 5.77. The fraction of sp³-hybridized carbons (Fsp3) is 0.308. The molecule has 0 aliphatic carbocycles. The lowest BCUT2D eigenvalue weighted by Gasteiger charge is -2.21. The molecule has 0 bridgehead atoms. The second-order valence-electron chi connectivity index (χ2n) is 4.18. The average molecular weight is 273 g/mol. The number of ether oxygens (including phenoxy) is 1. The van der Waals surface area contributed by atoms with Gasteiger partial charge >= 0.3 is 6.36 Å². The van der Waals surface area contributed by atoms with Gasteiger partial charge in [-0.1, -0.05) is 11.6 Å². The highest BCUT2D eigenvalue weighted by atomic mass is 19.4. The Morgan fingerprint density at radius 3 is 2.42 bits per heavy atom. The molecule has 6 heteroatoms. The summed E-state index contributed by atoms with van der Waals surface area (Å²) in [6, 6.07) is 3.94. The van der Waals surface area contributed by atoms with Crippen LogP contribution in [-0.4, -0.2) is 19.7 Å². The summed E-state index contributed by atoms with van der Waals surface area (Å²) in [5.41, 5.74) is 1.08. The molecular weight excluding hydrogens is 259 g/mol. The number of carbonyl (C=O) groups excluding carboxylic acids is 1. The van der Waals surface area contributed by atoms with Crippen molar-refractivity contribution in [3.05, 3.63) is 35.5 Å². The van der Waals surface area contributed by atoms with Crippen LogP contribution in [0.3, 0.4) is 0 Å². The molecule has 0 aliphatic rings. The number of carbonyl (C=O) groups is 1. The van der Waals surface area contributed by atoms with E-state index < -0.39 is 12.1 Å². The molecule has 0 heterocycles. The van der Waals surface area contributed by atoms with Crippen LogP contribution in [0.5, 0.6) is 5.75 Å². The molecule has 3 nitrogen and oxygen atoms in total. The van der Waals surface area contributed by atoms with Crippen molar-refractivity contribution >= 4 is 12.0 Å². The predicted octanol–water partition coefficient (Wildman–Crippen LogP) is 3.76. The number of para-hydroxylation sites is 1. The van der Waals surface area contributed by atoms with Crippen molar-refractivity contribution in [2.75, 3.05) is 11.9 Å². The van der Waals surface area contributed by atoms with E-state index in [0.717, 1.165) is 5.57 Å². The third-order valence-electron chi connectivity index (χ3n) is 2.19. The van der Waals surface area contributed by atoms with Crippen LogP contribution < -0.4 is 9.64 Å². The van der Waals surface area contributed by atoms with Crippen molar-refractivity contribution in [3.63, 3.8) is 0 Å². The molecular formula is C13H14F3NO2. The summed E-state index contributed by atoms with van der Waals surface area (Å²) in [6.07, 6.45) is -2.69. The number of nitrogens with zero attached hydrogens (tertiary/aromatic N) is 1. The van der Waals surface area contributed by atoms with Crippen molar-refractivity contribution in [2.45, 2.75) is 20.2 Å². The largest absolute Gasteiger partial charge is 0.573 e. The molecule has 0 unspecified atom stereocenters. The molecule has 0 N–H and O–H groups in total. The molecule has 19 heavy (non-hydrogen) atoms. The fourth-order valence-corrected chi connectivity index (χ4v) is 1.67. The van der Waals surface area contributed by atoms with Crippen LogP contribution in [0.4, 0.5) is 18.9 Å². The number of hydrogen-bond acceptors (Lipinski definition) is 3. The van der Waals surface area contributed by atoms with Crippen LogP contribution >= 0.6 is 0 Å². The van der Waals surface area contributed by atoms with Crippen LogP contribution in [0.1, 0.15) is 24.2 Å². The Hall–Kier alpha value is -1.98. The van der Waals surface area contributed by atoms with E-state index in [9.17, 15) is 18.0 Å². The molecule has 1 aromatic rings. The van der Waals surface area contributed by atoms with Crippen LogP contribution in [0, 0.1) is 0 Å². The standard InChI is InChI=1S/C13H14F3NO2/c1-9(2)7-17(3)12-10(8-18)5-4-6-11(12)19-13(14,15)16/h4-8H,1-3H3. The van der Waals surface area contributed by atoms with Gasteiger partial charge in [0.1, 0.15) is 0 Å². The smallest absolute Gasteiger partial charge is 0.404 e. The first-order chi connectivity index (χ1) is 8.74. The Morgan fingerprint density at radius 1 is 1.32 bits per heavy atom. The molecule has 0 amide bonds. The fourth-order valence-electron chi connectivity index (χ4n) is 1.67. The number of hydrogen-bond donors (Lipinski definition) is 0. The normalized spacial score (nSPS) is 10.8. The van der Waals surface area contributed by atoms with E-state index in [-0.39, 0.29) is 11.3 Å². The van der Waals surface area contributed by atoms with Gasteiger partial charge < -0.3 is 9.64 Å². The number of halogens is 3. The zero-order valence-corrected chi connectivity index (χ0v) is 10.8. The monoisotopic (exact) mass is 273 g/mol. The highest BCUT2D eigenvalue weighted by Crippen LogP contribution is 2.35. The molecule has 0 fully saturated rings. The van der Waals surface area contributed by atoms with Gasteiger partial charge in [0, 0.05) is 18.8 Å². The summed E-state index contributed by atoms with van der Waals surface area (Å²) in [4.78, 5) is 12.4. The number of anilines is 1. The third-order valence-corrected chi connectivity index (χ3v) is 2.19. The summed E-state index contributed by atoms with van der Waals surface area (Å²) in [6.45, 7) is 3.59. The molecule has 0 saturated heterocycles. The van der Waals surface area contributed by atoms with E-state index in [1.165, 1.54) is 23.1 Å². The van der Waals surface area contributed by atoms with Crippen molar-refractivity contribution in [3.8, 4) is 5.75 Å². The van der Waals surface area contributed by atoms with Crippen molar-refractivity contribution in [2.24, 2.45) is 0 Å². The van der Waals surface area contributed by atoms with Crippen molar-refractivity contribution < 1.29 is 22.7 Å². The van der Waals surface area contributed by atoms with Crippen molar-refractivity contribution in [1.82, 2.24) is 0 Å². The van der Waals surface area contributed by atoms with E-state index in [1.54, 1.807) is 27.1 Å². The number of rotatable bonds is 4. The first-order valence-electron chi connectivity index (χ1n) is 5.46. The maximum atomic E-state index is 12.3. The Bertz CT molecular complexity index is 491. The zero-order chi connectivity index (χ0) is 14.6. The van der Waals surface area contributed by atoms with Gasteiger partial charge in [0.25, 0.3) is 0 Å². The summed E-state index contributed by atoms with van der Waals surface area (Å²) in [5, 5.41) is 0. The molecule has 0 aromatic heterocycles. The van der Waals surface area contributed by atoms with Crippen LogP contribution in [-0.2, 0) is 0 Å². The number of benzene rings is 1. The lowest BCUT2D eigenvalue weighted by molar-refractivity contribution is -0.274. The molecule has 1 rings (SSSR count). The highest BCUT2D eigenvalue weighted by molar-refractivity contribution is 5.87. The Kier molecular flexibility index (Phi) is 4.58. The molecule has 0 radical (unpaired) electrons. The van der Waals surface area contributed by atoms with Gasteiger partial charge in [0.2, 0.25) is 0 Å². The lowest BCUT2D eigenvalue weighted by Crippen LogP contribution is -2.20. The molecule has 0 aliphatic heterocycles. The number of alkyl halides is 3. The first kappa shape index (κ1) is 15.1. The number of aldehydes is 1. The molecule has 104 valence electrons. The SMILES string of the molecule is CC(C)=CN(C)c1c(C=O)cccc1OC(F)(F)F. The lowest BCUT2D eigenvalue weighted by atomic mass is 10.1. The minimum Gasteiger partial charge on any atom is -0.404 e. The molecule has 0 atom stereocenters. The molecule has 0 spiro atoms. The first-order valence-corrected chi connectivity index (χ1v) is 5.46. The minimum absolute atomic E-state index is 0.0797. The summed E-state index contributed by atoms with van der Waals surface area (Å²) in [7, 11) is 1.55. The highest BCUT2D eigenvalue weighted by Gasteiger charge is 2.33. The van der Waals surface area contributed by atoms with E-state index >= 15 is 0 Å². The maximum Gasteiger partial charge on any atom is 0.573 e. The van der Waals surface area contributed by atoms with Crippen LogP contribution in [0.25, 0.3) is 0 Å². The Balaban J connectivity index is 3.32. The Labute approximate surface area is 109 Å². The number of allylic oxidation sites excluding steroid dienone is 1. The van der Waals surface area contributed by atoms with Crippen molar-refractivity contribution in [1.29, 1.82) is 0 Å². The van der Waals surface area contributed by atoms with Gasteiger partial charge in [-0.2, -0.15) is 0 Å². The molecule has 0 saturated carbocycles. The van der Waals surface area contributed by atoms with Gasteiger partial charge in [-0.25, -0.2) is 0 Å². The van der Waals surface area contributed by atoms with Gasteiger partial charge in [-0.15, -0.1) is 13.2 Å². The minimum atomic E-state index is -4.80. The van der Waals surface area contributed by atoms with Crippen LogP contribution in [0.15, 0.2) is 30.0 Å². The Morgan fingerprint density at radius 2 is 1.95 bits per heavy atom. The van der Waals surface area contributed by atoms with E-state index in [4.69, 9.17) is 0 Å². The topological polar surface area (TPSA) is 29.5 Å². The van der Waals surface area contributed by atoms with Crippen LogP contribution in [0.2, 0.25) is 0 Å². The second-order valence-corrected chi connectivity index (χ2v) is 4.18. The average Bonchev–Trinajstić information content (AvgIpc) is 2.25. The predicted molar refractivity (Wildman–Crippen MR) is 66.3 cm³/mol. The van der Waals surface area contributed by atoms with Gasteiger partial charge in [0.15, 0.2) is 12.0 Å².